The van der Waals surface area contributed by atoms with E-state index in [1.165, 1.54) is 39.6 Å². The van der Waals surface area contributed by atoms with E-state index in [0.717, 1.165) is 53.3 Å². The summed E-state index contributed by atoms with van der Waals surface area (Å²) < 4.78 is 0. The molecule has 0 atom stereocenters. The Kier molecular flexibility index (Phi) is 5.30. The van der Waals surface area contributed by atoms with Crippen molar-refractivity contribution in [2.24, 2.45) is 69.5 Å². The van der Waals surface area contributed by atoms with Gasteiger partial charge in [-0.25, -0.2) is 0 Å². The third kappa shape index (κ3) is 4.19. The van der Waals surface area contributed by atoms with Crippen LogP contribution < -0.4 is 0 Å². The number of hydrogen-bond acceptors (Lipinski definition) is 3. The summed E-state index contributed by atoms with van der Waals surface area (Å²) in [7, 11) is 0. The van der Waals surface area contributed by atoms with E-state index >= 15 is 0 Å². The van der Waals surface area contributed by atoms with Crippen LogP contribution in [0.3, 0.4) is 0 Å². The number of nitrogens with zero attached hydrogens (tertiary/aromatic N) is 3. The number of hydrogen-bond donors (Lipinski definition) is 0. The van der Waals surface area contributed by atoms with Crippen LogP contribution in [0.4, 0.5) is 0 Å². The van der Waals surface area contributed by atoms with Crippen molar-refractivity contribution >= 4 is 0 Å². The minimum absolute atomic E-state index is 0.685. The second kappa shape index (κ2) is 8.49. The molecule has 12 aliphatic carbocycles. The van der Waals surface area contributed by atoms with Gasteiger partial charge in [0.05, 0.1) is 20.0 Å². The van der Waals surface area contributed by atoms with Crippen LogP contribution >= 0.6 is 0 Å². The molecule has 12 bridgehead atoms. The zero-order chi connectivity index (χ0) is 25.4. The molecule has 0 aromatic rings. The van der Waals surface area contributed by atoms with Crippen LogP contribution in [0.25, 0.3) is 0 Å². The molecule has 0 radical (unpaired) electrons. The summed E-state index contributed by atoms with van der Waals surface area (Å²) in [5.74, 6) is 9.81. The van der Waals surface area contributed by atoms with Gasteiger partial charge in [0.25, 0.3) is 0 Å². The Morgan fingerprint density at radius 2 is 0.487 bits per heavy atom. The summed E-state index contributed by atoms with van der Waals surface area (Å²) in [6, 6.07) is 0. The molecule has 3 heteroatoms. The average Bonchev–Trinajstić information content (AvgIpc) is 2.80. The first-order valence-electron chi connectivity index (χ1n) is 18.1. The third-order valence-corrected chi connectivity index (χ3v) is 15.4. The monoisotopic (exact) mass is 531 g/mol. The Morgan fingerprint density at radius 1 is 0.308 bits per heavy atom. The second-order valence-electron chi connectivity index (χ2n) is 19.2. The minimum atomic E-state index is 0.685. The molecule has 216 valence electrons. The van der Waals surface area contributed by atoms with Crippen molar-refractivity contribution in [2.75, 3.05) is 39.6 Å². The fourth-order valence-corrected chi connectivity index (χ4v) is 16.2. The van der Waals surface area contributed by atoms with Crippen molar-refractivity contribution < 1.29 is 0 Å². The molecule has 0 spiro atoms. The third-order valence-electron chi connectivity index (χ3n) is 15.4. The van der Waals surface area contributed by atoms with Gasteiger partial charge in [0.1, 0.15) is 0 Å². The highest BCUT2D eigenvalue weighted by Gasteiger charge is 2.55. The summed E-state index contributed by atoms with van der Waals surface area (Å²) in [5, 5.41) is 0. The van der Waals surface area contributed by atoms with Gasteiger partial charge in [0, 0.05) is 19.6 Å². The van der Waals surface area contributed by atoms with E-state index in [4.69, 9.17) is 0 Å². The van der Waals surface area contributed by atoms with Gasteiger partial charge in [-0.05, 0) is 185 Å². The van der Waals surface area contributed by atoms with Gasteiger partial charge >= 0.3 is 0 Å². The quantitative estimate of drug-likeness (QED) is 0.353. The highest BCUT2D eigenvalue weighted by atomic mass is 15.5. The van der Waals surface area contributed by atoms with Crippen LogP contribution in [0.2, 0.25) is 0 Å². The normalized spacial score (nSPS) is 57.7. The van der Waals surface area contributed by atoms with Crippen LogP contribution in [-0.2, 0) is 0 Å². The van der Waals surface area contributed by atoms with E-state index < -0.39 is 0 Å². The van der Waals surface area contributed by atoms with Crippen molar-refractivity contribution in [1.82, 2.24) is 14.7 Å². The van der Waals surface area contributed by atoms with Gasteiger partial charge in [-0.2, -0.15) is 0 Å². The summed E-state index contributed by atoms with van der Waals surface area (Å²) in [6.45, 7) is 8.18. The van der Waals surface area contributed by atoms with Crippen molar-refractivity contribution in [3.63, 3.8) is 0 Å². The Bertz CT molecular complexity index is 748. The van der Waals surface area contributed by atoms with Gasteiger partial charge in [-0.15, -0.1) is 0 Å². The predicted molar refractivity (Wildman–Crippen MR) is 157 cm³/mol. The lowest BCUT2D eigenvalue weighted by molar-refractivity contribution is -0.140. The van der Waals surface area contributed by atoms with E-state index in [-0.39, 0.29) is 0 Å². The van der Waals surface area contributed by atoms with Crippen LogP contribution in [-0.4, -0.2) is 54.3 Å². The molecule has 13 fully saturated rings. The first-order chi connectivity index (χ1) is 18.9. The summed E-state index contributed by atoms with van der Waals surface area (Å²) in [5.41, 5.74) is 2.06. The molecule has 12 saturated carbocycles. The average molecular weight is 532 g/mol. The molecular formula is C36H57N3. The topological polar surface area (TPSA) is 9.72 Å². The summed E-state index contributed by atoms with van der Waals surface area (Å²) in [4.78, 5) is 9.12. The molecule has 13 aliphatic rings. The van der Waals surface area contributed by atoms with E-state index in [1.54, 1.807) is 116 Å². The molecule has 13 rings (SSSR count). The van der Waals surface area contributed by atoms with Crippen LogP contribution in [0, 0.1) is 69.5 Å². The first-order valence-corrected chi connectivity index (χ1v) is 18.1. The van der Waals surface area contributed by atoms with E-state index in [0.29, 0.717) is 16.2 Å². The first kappa shape index (κ1) is 24.3. The van der Waals surface area contributed by atoms with Gasteiger partial charge in [-0.3, -0.25) is 14.7 Å². The molecule has 39 heavy (non-hydrogen) atoms. The van der Waals surface area contributed by atoms with Crippen molar-refractivity contribution in [2.45, 2.75) is 116 Å². The molecule has 0 unspecified atom stereocenters. The zero-order valence-corrected chi connectivity index (χ0v) is 25.0. The largest absolute Gasteiger partial charge is 0.277 e. The molecule has 0 N–H and O–H groups in total. The van der Waals surface area contributed by atoms with Gasteiger partial charge in [0.2, 0.25) is 0 Å². The van der Waals surface area contributed by atoms with E-state index in [9.17, 15) is 0 Å². The maximum absolute atomic E-state index is 3.04. The maximum atomic E-state index is 3.04. The molecular weight excluding hydrogens is 474 g/mol. The van der Waals surface area contributed by atoms with Crippen molar-refractivity contribution in [3.8, 4) is 0 Å². The summed E-state index contributed by atoms with van der Waals surface area (Å²) >= 11 is 0. The van der Waals surface area contributed by atoms with Crippen LogP contribution in [0.15, 0.2) is 0 Å². The smallest absolute Gasteiger partial charge is 0.0530 e. The van der Waals surface area contributed by atoms with Crippen LogP contribution in [0.5, 0.6) is 0 Å². The van der Waals surface area contributed by atoms with Crippen molar-refractivity contribution in [1.29, 1.82) is 0 Å². The lowest BCUT2D eigenvalue weighted by Crippen LogP contribution is -2.63. The lowest BCUT2D eigenvalue weighted by atomic mass is 9.49. The molecule has 0 amide bonds. The predicted octanol–water partition coefficient (Wildman–Crippen LogP) is 7.43. The van der Waals surface area contributed by atoms with Crippen molar-refractivity contribution in [3.05, 3.63) is 0 Å². The van der Waals surface area contributed by atoms with Gasteiger partial charge in [0.15, 0.2) is 0 Å². The van der Waals surface area contributed by atoms with Crippen LogP contribution in [0.1, 0.15) is 116 Å². The lowest BCUT2D eigenvalue weighted by Gasteiger charge is -2.61. The van der Waals surface area contributed by atoms with Gasteiger partial charge < -0.3 is 0 Å². The Hall–Kier alpha value is -0.120. The Labute approximate surface area is 239 Å². The van der Waals surface area contributed by atoms with E-state index in [2.05, 4.69) is 14.7 Å². The Balaban J connectivity index is 0.906. The highest BCUT2D eigenvalue weighted by molar-refractivity contribution is 5.06. The fourth-order valence-electron chi connectivity index (χ4n) is 16.2. The zero-order valence-electron chi connectivity index (χ0n) is 25.0. The molecule has 0 aromatic heterocycles. The Morgan fingerprint density at radius 3 is 0.667 bits per heavy atom. The molecule has 1 heterocycles. The maximum Gasteiger partial charge on any atom is 0.0530 e. The molecule has 0 aromatic carbocycles. The standard InChI is InChI=1S/C36H57N3/c1-25-2-27-3-26(1)11-34(10-25,12-27)19-37-22-38(20-35-13-28-4-29(14-35)6-30(5-28)15-35)24-39(23-37)21-36-16-31-7-32(17-36)9-33(8-31)18-36/h25-33H,1-24H2. The molecule has 1 aliphatic heterocycles. The summed E-state index contributed by atoms with van der Waals surface area (Å²) in [6.07, 6.45) is 28.6. The highest BCUT2D eigenvalue weighted by Crippen LogP contribution is 2.63. The molecule has 3 nitrogen and oxygen atoms in total. The second-order valence-corrected chi connectivity index (χ2v) is 19.2. The SMILES string of the molecule is C1C2CC3CC1CC(CN1CN(CC45CC6CC(CC(C6)C4)C5)CN(CC45CC6CC(CC(C6)C4)C5)C1)(C2)C3. The minimum Gasteiger partial charge on any atom is -0.277 e. The number of rotatable bonds is 6. The fraction of sp³-hybridized carbons (Fsp3) is 1.00. The van der Waals surface area contributed by atoms with E-state index in [1.807, 2.05) is 0 Å². The molecule has 1 saturated heterocycles. The van der Waals surface area contributed by atoms with Gasteiger partial charge in [-0.1, -0.05) is 0 Å².